The number of nitrogens with zero attached hydrogens (tertiary/aromatic N) is 4. The molecule has 2 rings (SSSR count). The Morgan fingerprint density at radius 3 is 2.37 bits per heavy atom. The molecule has 0 unspecified atom stereocenters. The average Bonchev–Trinajstić information content (AvgIpc) is 2.63. The molecule has 100 valence electrons. The summed E-state index contributed by atoms with van der Waals surface area (Å²) in [6, 6.07) is 0. The predicted octanol–water partition coefficient (Wildman–Crippen LogP) is 2.46. The smallest absolute Gasteiger partial charge is 0.175 e. The standard InChI is InChI=1S/C14H18N4O/c1-8-6-13(7-9(2)19)18(17-8)14-12(5)15-10(3)11(4)16-14/h7H,6H2,1-5H3/b13-7+. The summed E-state index contributed by atoms with van der Waals surface area (Å²) in [4.78, 5) is 20.3. The first-order valence-electron chi connectivity index (χ1n) is 6.25. The molecule has 1 aromatic heterocycles. The number of allylic oxidation sites excluding steroid dienone is 2. The predicted molar refractivity (Wildman–Crippen MR) is 75.2 cm³/mol. The Morgan fingerprint density at radius 1 is 1.11 bits per heavy atom. The number of carbonyl (C=O) groups excluding carboxylic acids is 1. The Labute approximate surface area is 113 Å². The van der Waals surface area contributed by atoms with Crippen LogP contribution in [0.3, 0.4) is 0 Å². The second-order valence-corrected chi connectivity index (χ2v) is 4.87. The van der Waals surface area contributed by atoms with Crippen LogP contribution in [0.4, 0.5) is 5.82 Å². The summed E-state index contributed by atoms with van der Waals surface area (Å²) in [5.41, 5.74) is 4.43. The van der Waals surface area contributed by atoms with Crippen LogP contribution in [0, 0.1) is 20.8 Å². The minimum atomic E-state index is 0.0133. The molecular formula is C14H18N4O. The van der Waals surface area contributed by atoms with E-state index in [0.717, 1.165) is 28.5 Å². The van der Waals surface area contributed by atoms with Gasteiger partial charge in [0.05, 0.1) is 22.8 Å². The first-order chi connectivity index (χ1) is 8.88. The van der Waals surface area contributed by atoms with E-state index in [4.69, 9.17) is 0 Å². The third-order valence-corrected chi connectivity index (χ3v) is 3.01. The van der Waals surface area contributed by atoms with Gasteiger partial charge in [-0.25, -0.2) is 9.99 Å². The Kier molecular flexibility index (Phi) is 3.46. The van der Waals surface area contributed by atoms with Gasteiger partial charge in [-0.2, -0.15) is 5.10 Å². The molecule has 0 amide bonds. The summed E-state index contributed by atoms with van der Waals surface area (Å²) in [6.45, 7) is 9.25. The maximum atomic E-state index is 11.3. The highest BCUT2D eigenvalue weighted by atomic mass is 16.1. The molecule has 5 nitrogen and oxygen atoms in total. The molecule has 0 aliphatic carbocycles. The van der Waals surface area contributed by atoms with Crippen molar-refractivity contribution in [3.63, 3.8) is 0 Å². The van der Waals surface area contributed by atoms with Crippen LogP contribution in [0.15, 0.2) is 16.9 Å². The molecule has 0 saturated carbocycles. The molecule has 1 aliphatic heterocycles. The van der Waals surface area contributed by atoms with Crippen molar-refractivity contribution in [2.75, 3.05) is 5.01 Å². The van der Waals surface area contributed by atoms with Gasteiger partial charge in [0, 0.05) is 18.2 Å². The first-order valence-corrected chi connectivity index (χ1v) is 6.25. The number of anilines is 1. The normalized spacial score (nSPS) is 17.0. The lowest BCUT2D eigenvalue weighted by atomic mass is 10.2. The zero-order valence-corrected chi connectivity index (χ0v) is 12.0. The largest absolute Gasteiger partial charge is 0.295 e. The quantitative estimate of drug-likeness (QED) is 0.765. The van der Waals surface area contributed by atoms with Crippen LogP contribution in [0.1, 0.15) is 37.4 Å². The summed E-state index contributed by atoms with van der Waals surface area (Å²) in [5, 5.41) is 6.18. The number of aromatic nitrogens is 2. The molecule has 0 saturated heterocycles. The van der Waals surface area contributed by atoms with Crippen molar-refractivity contribution in [3.05, 3.63) is 28.9 Å². The van der Waals surface area contributed by atoms with Gasteiger partial charge in [-0.15, -0.1) is 0 Å². The fourth-order valence-electron chi connectivity index (χ4n) is 2.04. The van der Waals surface area contributed by atoms with Crippen molar-refractivity contribution >= 4 is 17.3 Å². The number of hydrazone groups is 1. The van der Waals surface area contributed by atoms with Crippen molar-refractivity contribution < 1.29 is 4.79 Å². The van der Waals surface area contributed by atoms with Crippen LogP contribution in [-0.4, -0.2) is 21.5 Å². The lowest BCUT2D eigenvalue weighted by Gasteiger charge is -2.18. The molecule has 0 aromatic carbocycles. The molecule has 0 fully saturated rings. The van der Waals surface area contributed by atoms with Crippen LogP contribution in [-0.2, 0) is 4.79 Å². The number of carbonyl (C=O) groups is 1. The monoisotopic (exact) mass is 258 g/mol. The number of rotatable bonds is 2. The highest BCUT2D eigenvalue weighted by Gasteiger charge is 2.23. The van der Waals surface area contributed by atoms with Crippen molar-refractivity contribution in [1.82, 2.24) is 9.97 Å². The third-order valence-electron chi connectivity index (χ3n) is 3.01. The van der Waals surface area contributed by atoms with Gasteiger partial charge < -0.3 is 0 Å². The van der Waals surface area contributed by atoms with E-state index < -0.39 is 0 Å². The molecule has 1 aromatic rings. The maximum Gasteiger partial charge on any atom is 0.175 e. The van der Waals surface area contributed by atoms with Gasteiger partial charge >= 0.3 is 0 Å². The Bertz CT molecular complexity index is 602. The van der Waals surface area contributed by atoms with Gasteiger partial charge in [-0.05, 0) is 34.6 Å². The van der Waals surface area contributed by atoms with Gasteiger partial charge in [0.1, 0.15) is 0 Å². The van der Waals surface area contributed by atoms with E-state index in [1.807, 2.05) is 27.7 Å². The lowest BCUT2D eigenvalue weighted by molar-refractivity contribution is -0.112. The van der Waals surface area contributed by atoms with E-state index in [-0.39, 0.29) is 5.78 Å². The van der Waals surface area contributed by atoms with E-state index in [2.05, 4.69) is 15.1 Å². The van der Waals surface area contributed by atoms with Crippen LogP contribution >= 0.6 is 0 Å². The van der Waals surface area contributed by atoms with Crippen molar-refractivity contribution in [1.29, 1.82) is 0 Å². The van der Waals surface area contributed by atoms with Crippen LogP contribution in [0.2, 0.25) is 0 Å². The molecule has 0 bridgehead atoms. The highest BCUT2D eigenvalue weighted by molar-refractivity contribution is 5.94. The van der Waals surface area contributed by atoms with Crippen molar-refractivity contribution in [3.8, 4) is 0 Å². The molecule has 0 spiro atoms. The van der Waals surface area contributed by atoms with Gasteiger partial charge in [0.2, 0.25) is 0 Å². The maximum absolute atomic E-state index is 11.3. The number of aryl methyl sites for hydroxylation is 3. The zero-order valence-electron chi connectivity index (χ0n) is 12.0. The molecule has 0 N–H and O–H groups in total. The van der Waals surface area contributed by atoms with Gasteiger partial charge in [0.25, 0.3) is 0 Å². The van der Waals surface area contributed by atoms with E-state index in [0.29, 0.717) is 12.2 Å². The second-order valence-electron chi connectivity index (χ2n) is 4.87. The zero-order chi connectivity index (χ0) is 14.2. The van der Waals surface area contributed by atoms with Crippen molar-refractivity contribution in [2.24, 2.45) is 5.10 Å². The molecule has 0 atom stereocenters. The number of hydrogen-bond acceptors (Lipinski definition) is 5. The van der Waals surface area contributed by atoms with Gasteiger partial charge in [0.15, 0.2) is 11.6 Å². The lowest BCUT2D eigenvalue weighted by Crippen LogP contribution is -2.16. The summed E-state index contributed by atoms with van der Waals surface area (Å²) in [5.74, 6) is 0.715. The number of hydrogen-bond donors (Lipinski definition) is 0. The topological polar surface area (TPSA) is 58.5 Å². The Balaban J connectivity index is 2.50. The van der Waals surface area contributed by atoms with Gasteiger partial charge in [-0.1, -0.05) is 0 Å². The fourth-order valence-corrected chi connectivity index (χ4v) is 2.04. The summed E-state index contributed by atoms with van der Waals surface area (Å²) in [7, 11) is 0. The van der Waals surface area contributed by atoms with E-state index >= 15 is 0 Å². The Hall–Kier alpha value is -2.04. The van der Waals surface area contributed by atoms with Gasteiger partial charge in [-0.3, -0.25) is 9.78 Å². The summed E-state index contributed by atoms with van der Waals surface area (Å²) in [6.07, 6.45) is 2.28. The molecule has 1 aliphatic rings. The molecular weight excluding hydrogens is 240 g/mol. The summed E-state index contributed by atoms with van der Waals surface area (Å²) >= 11 is 0. The fraction of sp³-hybridized carbons (Fsp3) is 0.429. The Morgan fingerprint density at radius 2 is 1.74 bits per heavy atom. The minimum absolute atomic E-state index is 0.0133. The highest BCUT2D eigenvalue weighted by Crippen LogP contribution is 2.28. The van der Waals surface area contributed by atoms with Crippen molar-refractivity contribution in [2.45, 2.75) is 41.0 Å². The number of ketones is 1. The SMILES string of the molecule is CC(=O)/C=C1\CC(C)=NN1c1nc(C)c(C)nc1C. The van der Waals surface area contributed by atoms with Crippen LogP contribution in [0.5, 0.6) is 0 Å². The average molecular weight is 258 g/mol. The van der Waals surface area contributed by atoms with E-state index in [9.17, 15) is 4.79 Å². The molecule has 2 heterocycles. The van der Waals surface area contributed by atoms with Crippen LogP contribution in [0.25, 0.3) is 0 Å². The molecule has 5 heteroatoms. The minimum Gasteiger partial charge on any atom is -0.295 e. The first kappa shape index (κ1) is 13.4. The molecule has 0 radical (unpaired) electrons. The third kappa shape index (κ3) is 2.70. The second kappa shape index (κ2) is 4.91. The summed E-state index contributed by atoms with van der Waals surface area (Å²) < 4.78 is 0. The van der Waals surface area contributed by atoms with Crippen LogP contribution < -0.4 is 5.01 Å². The van der Waals surface area contributed by atoms with E-state index in [1.54, 1.807) is 11.1 Å². The van der Waals surface area contributed by atoms with E-state index in [1.165, 1.54) is 6.92 Å². The molecule has 19 heavy (non-hydrogen) atoms.